The zero-order valence-corrected chi connectivity index (χ0v) is 10.8. The number of hydrogen-bond acceptors (Lipinski definition) is 3. The average Bonchev–Trinajstić information content (AvgIpc) is 2.35. The van der Waals surface area contributed by atoms with E-state index in [9.17, 15) is 9.59 Å². The molecule has 0 amide bonds. The summed E-state index contributed by atoms with van der Waals surface area (Å²) in [5, 5.41) is 0. The Balaban J connectivity index is 2.28. The van der Waals surface area contributed by atoms with E-state index in [1.165, 1.54) is 6.08 Å². The highest BCUT2D eigenvalue weighted by atomic mass is 16.1. The Bertz CT molecular complexity index is 529. The molecule has 1 aliphatic rings. The number of carbonyl (C=O) groups is 2. The SMILES string of the molecule is CCCCCC1=CC(=O)c2ccc(C)nc2C1=O. The first-order valence-corrected chi connectivity index (χ1v) is 6.40. The highest BCUT2D eigenvalue weighted by Gasteiger charge is 2.26. The van der Waals surface area contributed by atoms with Crippen molar-refractivity contribution in [2.24, 2.45) is 0 Å². The first kappa shape index (κ1) is 12.7. The second-order valence-corrected chi connectivity index (χ2v) is 4.67. The first-order valence-electron chi connectivity index (χ1n) is 6.40. The molecule has 3 nitrogen and oxygen atoms in total. The molecule has 0 unspecified atom stereocenters. The van der Waals surface area contributed by atoms with Crippen LogP contribution in [0.4, 0.5) is 0 Å². The lowest BCUT2D eigenvalue weighted by Crippen LogP contribution is -2.19. The molecule has 1 aromatic heterocycles. The molecule has 1 aromatic rings. The summed E-state index contributed by atoms with van der Waals surface area (Å²) in [6, 6.07) is 3.46. The normalized spacial score (nSPS) is 14.4. The van der Waals surface area contributed by atoms with Crippen LogP contribution in [0.15, 0.2) is 23.8 Å². The maximum absolute atomic E-state index is 12.2. The van der Waals surface area contributed by atoms with Gasteiger partial charge in [0.2, 0.25) is 5.78 Å². The van der Waals surface area contributed by atoms with E-state index in [-0.39, 0.29) is 11.6 Å². The van der Waals surface area contributed by atoms with E-state index in [0.717, 1.165) is 25.0 Å². The van der Waals surface area contributed by atoms with E-state index < -0.39 is 0 Å². The van der Waals surface area contributed by atoms with E-state index in [0.29, 0.717) is 23.3 Å². The zero-order chi connectivity index (χ0) is 13.1. The van der Waals surface area contributed by atoms with Crippen molar-refractivity contribution in [1.82, 2.24) is 4.98 Å². The highest BCUT2D eigenvalue weighted by molar-refractivity contribution is 6.23. The molecule has 3 heteroatoms. The molecule has 0 radical (unpaired) electrons. The predicted molar refractivity (Wildman–Crippen MR) is 69.9 cm³/mol. The molecule has 0 aliphatic heterocycles. The van der Waals surface area contributed by atoms with Crippen LogP contribution in [0.2, 0.25) is 0 Å². The van der Waals surface area contributed by atoms with Gasteiger partial charge in [-0.3, -0.25) is 9.59 Å². The zero-order valence-electron chi connectivity index (χ0n) is 10.8. The van der Waals surface area contributed by atoms with Gasteiger partial charge in [0.1, 0.15) is 5.69 Å². The van der Waals surface area contributed by atoms with Crippen LogP contribution in [0.3, 0.4) is 0 Å². The summed E-state index contributed by atoms with van der Waals surface area (Å²) in [6.07, 6.45) is 5.28. The van der Waals surface area contributed by atoms with E-state index in [1.807, 2.05) is 6.92 Å². The molecule has 0 bridgehead atoms. The molecule has 0 aromatic carbocycles. The number of allylic oxidation sites excluding steroid dienone is 2. The molecule has 0 N–H and O–H groups in total. The topological polar surface area (TPSA) is 47.0 Å². The number of hydrogen-bond donors (Lipinski definition) is 0. The number of aromatic nitrogens is 1. The van der Waals surface area contributed by atoms with Crippen molar-refractivity contribution in [3.63, 3.8) is 0 Å². The second-order valence-electron chi connectivity index (χ2n) is 4.67. The van der Waals surface area contributed by atoms with E-state index in [4.69, 9.17) is 0 Å². The number of carbonyl (C=O) groups excluding carboxylic acids is 2. The molecule has 0 saturated heterocycles. The van der Waals surface area contributed by atoms with Crippen LogP contribution in [-0.2, 0) is 0 Å². The van der Waals surface area contributed by atoms with Gasteiger partial charge in [-0.2, -0.15) is 0 Å². The molecule has 1 aliphatic carbocycles. The first-order chi connectivity index (χ1) is 8.63. The van der Waals surface area contributed by atoms with E-state index in [2.05, 4.69) is 11.9 Å². The third kappa shape index (κ3) is 2.40. The summed E-state index contributed by atoms with van der Waals surface area (Å²) in [4.78, 5) is 28.4. The molecular formula is C15H17NO2. The summed E-state index contributed by atoms with van der Waals surface area (Å²) in [6.45, 7) is 3.94. The number of nitrogens with zero attached hydrogens (tertiary/aromatic N) is 1. The standard InChI is InChI=1S/C15H17NO2/c1-3-4-5-6-11-9-13(17)12-8-7-10(2)16-14(12)15(11)18/h7-9H,3-6H2,1-2H3. The van der Waals surface area contributed by atoms with Crippen LogP contribution >= 0.6 is 0 Å². The Morgan fingerprint density at radius 3 is 2.67 bits per heavy atom. The number of aryl methyl sites for hydroxylation is 1. The lowest BCUT2D eigenvalue weighted by molar-refractivity contribution is 0.0977. The maximum Gasteiger partial charge on any atom is 0.208 e. The van der Waals surface area contributed by atoms with Gasteiger partial charge in [0, 0.05) is 11.3 Å². The average molecular weight is 243 g/mol. The second kappa shape index (κ2) is 5.25. The van der Waals surface area contributed by atoms with Crippen LogP contribution in [0.5, 0.6) is 0 Å². The van der Waals surface area contributed by atoms with Crippen molar-refractivity contribution in [2.75, 3.05) is 0 Å². The summed E-state index contributed by atoms with van der Waals surface area (Å²) in [5.41, 5.74) is 2.14. The van der Waals surface area contributed by atoms with Gasteiger partial charge in [0.05, 0.1) is 5.56 Å². The predicted octanol–water partition coefficient (Wildman–Crippen LogP) is 3.28. The van der Waals surface area contributed by atoms with Gasteiger partial charge in [0.15, 0.2) is 5.78 Å². The Labute approximate surface area is 107 Å². The van der Waals surface area contributed by atoms with E-state index >= 15 is 0 Å². The van der Waals surface area contributed by atoms with Gasteiger partial charge in [-0.15, -0.1) is 0 Å². The Morgan fingerprint density at radius 2 is 1.94 bits per heavy atom. The molecule has 2 rings (SSSR count). The summed E-state index contributed by atoms with van der Waals surface area (Å²) in [7, 11) is 0. The van der Waals surface area contributed by atoms with Gasteiger partial charge < -0.3 is 0 Å². The molecule has 0 spiro atoms. The fraction of sp³-hybridized carbons (Fsp3) is 0.400. The number of pyridine rings is 1. The molecule has 94 valence electrons. The minimum atomic E-state index is -0.0939. The number of fused-ring (bicyclic) bond motifs is 1. The molecule has 0 saturated carbocycles. The van der Waals surface area contributed by atoms with Crippen LogP contribution in [0, 0.1) is 6.92 Å². The fourth-order valence-electron chi connectivity index (χ4n) is 2.13. The van der Waals surface area contributed by atoms with Crippen LogP contribution in [-0.4, -0.2) is 16.6 Å². The van der Waals surface area contributed by atoms with E-state index in [1.54, 1.807) is 12.1 Å². The Hall–Kier alpha value is -1.77. The monoisotopic (exact) mass is 243 g/mol. The number of ketones is 2. The molecule has 0 fully saturated rings. The number of rotatable bonds is 4. The van der Waals surface area contributed by atoms with Crippen LogP contribution < -0.4 is 0 Å². The molecular weight excluding hydrogens is 226 g/mol. The molecule has 1 heterocycles. The van der Waals surface area contributed by atoms with Crippen molar-refractivity contribution in [2.45, 2.75) is 39.5 Å². The summed E-state index contributed by atoms with van der Waals surface area (Å²) >= 11 is 0. The van der Waals surface area contributed by atoms with Crippen molar-refractivity contribution in [1.29, 1.82) is 0 Å². The molecule has 0 atom stereocenters. The van der Waals surface area contributed by atoms with Crippen LogP contribution in [0.1, 0.15) is 59.1 Å². The van der Waals surface area contributed by atoms with Crippen molar-refractivity contribution < 1.29 is 9.59 Å². The minimum Gasteiger partial charge on any atom is -0.289 e. The number of Topliss-reactive ketones (excluding diaryl/α,β-unsaturated/α-hetero) is 1. The smallest absolute Gasteiger partial charge is 0.208 e. The van der Waals surface area contributed by atoms with Crippen molar-refractivity contribution in [3.05, 3.63) is 40.7 Å². The fourth-order valence-corrected chi connectivity index (χ4v) is 2.13. The quantitative estimate of drug-likeness (QED) is 0.762. The number of unbranched alkanes of at least 4 members (excludes halogenated alkanes) is 2. The summed E-state index contributed by atoms with van der Waals surface area (Å²) < 4.78 is 0. The minimum absolute atomic E-state index is 0.0793. The lowest BCUT2D eigenvalue weighted by Gasteiger charge is -2.14. The van der Waals surface area contributed by atoms with Gasteiger partial charge >= 0.3 is 0 Å². The third-order valence-electron chi connectivity index (χ3n) is 3.16. The van der Waals surface area contributed by atoms with Crippen molar-refractivity contribution >= 4 is 11.6 Å². The molecule has 18 heavy (non-hydrogen) atoms. The van der Waals surface area contributed by atoms with Gasteiger partial charge in [0.25, 0.3) is 0 Å². The summed E-state index contributed by atoms with van der Waals surface area (Å²) in [5.74, 6) is -0.173. The lowest BCUT2D eigenvalue weighted by atomic mass is 9.90. The largest absolute Gasteiger partial charge is 0.289 e. The third-order valence-corrected chi connectivity index (χ3v) is 3.16. The van der Waals surface area contributed by atoms with Crippen molar-refractivity contribution in [3.8, 4) is 0 Å². The Morgan fingerprint density at radius 1 is 1.17 bits per heavy atom. The van der Waals surface area contributed by atoms with Gasteiger partial charge in [-0.25, -0.2) is 4.98 Å². The van der Waals surface area contributed by atoms with Gasteiger partial charge in [-0.05, 0) is 38.0 Å². The van der Waals surface area contributed by atoms with Gasteiger partial charge in [-0.1, -0.05) is 19.8 Å². The van der Waals surface area contributed by atoms with Crippen LogP contribution in [0.25, 0.3) is 0 Å². The highest BCUT2D eigenvalue weighted by Crippen LogP contribution is 2.23. The Kier molecular flexibility index (Phi) is 3.70. The maximum atomic E-state index is 12.2.